The standard InChI is InChI=1S/C20H26O/c1-3-5-7-11-16-20(19(21-20)14-6-4-2)17-15-18-12-9-8-10-13-18/h4,8-10,12-13,19H,2-3,5-7,11,14,16H2,1H3/t19-,20+/m1/s1. The quantitative estimate of drug-likeness (QED) is 0.279. The molecule has 1 heteroatoms. The van der Waals surface area contributed by atoms with Crippen LogP contribution < -0.4 is 0 Å². The highest BCUT2D eigenvalue weighted by molar-refractivity contribution is 5.38. The van der Waals surface area contributed by atoms with Gasteiger partial charge >= 0.3 is 0 Å². The highest BCUT2D eigenvalue weighted by Crippen LogP contribution is 2.43. The van der Waals surface area contributed by atoms with Gasteiger partial charge in [0.15, 0.2) is 5.60 Å². The van der Waals surface area contributed by atoms with Gasteiger partial charge in [-0.25, -0.2) is 0 Å². The van der Waals surface area contributed by atoms with E-state index in [1.807, 2.05) is 24.3 Å². The van der Waals surface area contributed by atoms with Crippen molar-refractivity contribution in [3.05, 3.63) is 48.6 Å². The Morgan fingerprint density at radius 2 is 2.05 bits per heavy atom. The molecular weight excluding hydrogens is 256 g/mol. The first kappa shape index (κ1) is 15.9. The van der Waals surface area contributed by atoms with Crippen LogP contribution in [0.5, 0.6) is 0 Å². The molecule has 0 aliphatic carbocycles. The summed E-state index contributed by atoms with van der Waals surface area (Å²) < 4.78 is 5.99. The summed E-state index contributed by atoms with van der Waals surface area (Å²) in [6.07, 6.45) is 10.4. The van der Waals surface area contributed by atoms with Crippen molar-refractivity contribution >= 4 is 0 Å². The zero-order valence-electron chi connectivity index (χ0n) is 13.1. The van der Waals surface area contributed by atoms with Crippen LogP contribution in [0.2, 0.25) is 0 Å². The molecule has 2 atom stereocenters. The second kappa shape index (κ2) is 8.05. The molecule has 1 aromatic rings. The zero-order chi connectivity index (χ0) is 15.0. The van der Waals surface area contributed by atoms with E-state index in [1.165, 1.54) is 25.7 Å². The number of allylic oxidation sites excluding steroid dienone is 1. The van der Waals surface area contributed by atoms with E-state index < -0.39 is 0 Å². The van der Waals surface area contributed by atoms with Crippen LogP contribution in [0.15, 0.2) is 43.0 Å². The predicted molar refractivity (Wildman–Crippen MR) is 89.1 cm³/mol. The van der Waals surface area contributed by atoms with Gasteiger partial charge in [-0.1, -0.05) is 62.3 Å². The van der Waals surface area contributed by atoms with Gasteiger partial charge in [-0.3, -0.25) is 0 Å². The van der Waals surface area contributed by atoms with Gasteiger partial charge in [-0.2, -0.15) is 0 Å². The maximum atomic E-state index is 5.99. The molecule has 0 saturated carbocycles. The van der Waals surface area contributed by atoms with Crippen molar-refractivity contribution in [3.8, 4) is 11.8 Å². The number of benzene rings is 1. The van der Waals surface area contributed by atoms with Crippen LogP contribution in [-0.2, 0) is 4.74 Å². The molecule has 0 N–H and O–H groups in total. The number of epoxide rings is 1. The van der Waals surface area contributed by atoms with Gasteiger partial charge in [-0.15, -0.1) is 6.58 Å². The molecule has 1 heterocycles. The monoisotopic (exact) mass is 282 g/mol. The number of hydrogen-bond acceptors (Lipinski definition) is 1. The van der Waals surface area contributed by atoms with Crippen molar-refractivity contribution in [1.82, 2.24) is 0 Å². The first-order valence-corrected chi connectivity index (χ1v) is 8.17. The van der Waals surface area contributed by atoms with Crippen LogP contribution in [0, 0.1) is 11.8 Å². The van der Waals surface area contributed by atoms with Crippen LogP contribution in [0.1, 0.15) is 57.4 Å². The molecule has 1 saturated heterocycles. The fraction of sp³-hybridized carbons (Fsp3) is 0.500. The van der Waals surface area contributed by atoms with Crippen molar-refractivity contribution in [2.75, 3.05) is 0 Å². The van der Waals surface area contributed by atoms with Gasteiger partial charge in [0.1, 0.15) is 6.10 Å². The number of hydrogen-bond donors (Lipinski definition) is 0. The summed E-state index contributed by atoms with van der Waals surface area (Å²) >= 11 is 0. The fourth-order valence-corrected chi connectivity index (χ4v) is 2.69. The zero-order valence-corrected chi connectivity index (χ0v) is 13.1. The fourth-order valence-electron chi connectivity index (χ4n) is 2.69. The van der Waals surface area contributed by atoms with Gasteiger partial charge in [0, 0.05) is 5.56 Å². The molecule has 1 aliphatic rings. The summed E-state index contributed by atoms with van der Waals surface area (Å²) in [6, 6.07) is 10.2. The topological polar surface area (TPSA) is 12.5 Å². The Morgan fingerprint density at radius 1 is 1.24 bits per heavy atom. The molecule has 0 aromatic heterocycles. The van der Waals surface area contributed by atoms with Gasteiger partial charge in [-0.05, 0) is 37.8 Å². The molecular formula is C20H26O. The molecule has 1 nitrogen and oxygen atoms in total. The third-order valence-electron chi connectivity index (χ3n) is 4.04. The highest BCUT2D eigenvalue weighted by atomic mass is 16.6. The molecule has 112 valence electrons. The first-order chi connectivity index (χ1) is 10.3. The normalized spacial score (nSPS) is 23.2. The van der Waals surface area contributed by atoms with Crippen molar-refractivity contribution in [1.29, 1.82) is 0 Å². The minimum atomic E-state index is -0.188. The molecule has 2 rings (SSSR count). The Balaban J connectivity index is 1.97. The molecule has 0 unspecified atom stereocenters. The largest absolute Gasteiger partial charge is 0.352 e. The summed E-state index contributed by atoms with van der Waals surface area (Å²) in [4.78, 5) is 0. The smallest absolute Gasteiger partial charge is 0.155 e. The van der Waals surface area contributed by atoms with E-state index in [1.54, 1.807) is 0 Å². The van der Waals surface area contributed by atoms with Crippen LogP contribution in [0.4, 0.5) is 0 Å². The van der Waals surface area contributed by atoms with E-state index in [0.29, 0.717) is 6.10 Å². The van der Waals surface area contributed by atoms with Crippen LogP contribution in [0.3, 0.4) is 0 Å². The third kappa shape index (κ3) is 4.76. The Morgan fingerprint density at radius 3 is 2.76 bits per heavy atom. The summed E-state index contributed by atoms with van der Waals surface area (Å²) in [5.74, 6) is 6.71. The highest BCUT2D eigenvalue weighted by Gasteiger charge is 2.53. The second-order valence-corrected chi connectivity index (χ2v) is 5.79. The molecule has 21 heavy (non-hydrogen) atoms. The lowest BCUT2D eigenvalue weighted by Crippen LogP contribution is -2.12. The average Bonchev–Trinajstić information content (AvgIpc) is 3.22. The SMILES string of the molecule is C=CCC[C@H]1O[C@]1(C#Cc1ccccc1)CCCCCC. The van der Waals surface area contributed by atoms with Gasteiger partial charge < -0.3 is 4.74 Å². The Labute approximate surface area is 129 Å². The van der Waals surface area contributed by atoms with E-state index in [2.05, 4.69) is 37.5 Å². The maximum absolute atomic E-state index is 5.99. The van der Waals surface area contributed by atoms with E-state index in [9.17, 15) is 0 Å². The molecule has 1 fully saturated rings. The van der Waals surface area contributed by atoms with E-state index in [0.717, 1.165) is 24.8 Å². The Kier molecular flexibility index (Phi) is 6.08. The van der Waals surface area contributed by atoms with Crippen LogP contribution in [0.25, 0.3) is 0 Å². The van der Waals surface area contributed by atoms with E-state index >= 15 is 0 Å². The second-order valence-electron chi connectivity index (χ2n) is 5.79. The molecule has 0 spiro atoms. The number of rotatable bonds is 8. The van der Waals surface area contributed by atoms with Crippen molar-refractivity contribution in [2.45, 2.75) is 63.6 Å². The first-order valence-electron chi connectivity index (χ1n) is 8.17. The third-order valence-corrected chi connectivity index (χ3v) is 4.04. The Bertz CT molecular complexity index is 494. The summed E-state index contributed by atoms with van der Waals surface area (Å²) in [5.41, 5.74) is 0.885. The maximum Gasteiger partial charge on any atom is 0.155 e. The van der Waals surface area contributed by atoms with Gasteiger partial charge in [0.2, 0.25) is 0 Å². The number of ether oxygens (including phenoxy) is 1. The van der Waals surface area contributed by atoms with Gasteiger partial charge in [0.25, 0.3) is 0 Å². The summed E-state index contributed by atoms with van der Waals surface area (Å²) in [5, 5.41) is 0. The summed E-state index contributed by atoms with van der Waals surface area (Å²) in [6.45, 7) is 6.04. The lowest BCUT2D eigenvalue weighted by atomic mass is 9.95. The van der Waals surface area contributed by atoms with Crippen molar-refractivity contribution in [3.63, 3.8) is 0 Å². The van der Waals surface area contributed by atoms with Crippen molar-refractivity contribution < 1.29 is 4.74 Å². The Hall–Kier alpha value is -1.52. The van der Waals surface area contributed by atoms with E-state index in [4.69, 9.17) is 4.74 Å². The molecule has 1 aliphatic heterocycles. The van der Waals surface area contributed by atoms with Crippen molar-refractivity contribution in [2.24, 2.45) is 0 Å². The number of unbranched alkanes of at least 4 members (excludes halogenated alkanes) is 3. The minimum Gasteiger partial charge on any atom is -0.352 e. The predicted octanol–water partition coefficient (Wildman–Crippen LogP) is 5.11. The minimum absolute atomic E-state index is 0.188. The van der Waals surface area contributed by atoms with Gasteiger partial charge in [0.05, 0.1) is 0 Å². The lowest BCUT2D eigenvalue weighted by Gasteiger charge is -2.05. The molecule has 0 bridgehead atoms. The average molecular weight is 282 g/mol. The molecule has 0 amide bonds. The summed E-state index contributed by atoms with van der Waals surface area (Å²) in [7, 11) is 0. The lowest BCUT2D eigenvalue weighted by molar-refractivity contribution is 0.317. The molecule has 0 radical (unpaired) electrons. The molecule has 1 aromatic carbocycles. The van der Waals surface area contributed by atoms with Crippen LogP contribution in [-0.4, -0.2) is 11.7 Å². The van der Waals surface area contributed by atoms with E-state index in [-0.39, 0.29) is 5.60 Å². The van der Waals surface area contributed by atoms with Crippen LogP contribution >= 0.6 is 0 Å².